The smallest absolute Gasteiger partial charge is 0.471 e. The first kappa shape index (κ1) is 15.8. The Bertz CT molecular complexity index is 533. The van der Waals surface area contributed by atoms with Gasteiger partial charge >= 0.3 is 24.2 Å². The number of carbonyl (C=O) groups excluding carboxylic acids is 1. The van der Waals surface area contributed by atoms with Gasteiger partial charge in [0.05, 0.1) is 5.69 Å². The summed E-state index contributed by atoms with van der Waals surface area (Å²) in [5.41, 5.74) is -2.11. The van der Waals surface area contributed by atoms with Crippen molar-refractivity contribution < 1.29 is 41.0 Å². The Morgan fingerprint density at radius 1 is 1.25 bits per heavy atom. The summed E-state index contributed by atoms with van der Waals surface area (Å²) in [7, 11) is 0. The van der Waals surface area contributed by atoms with Gasteiger partial charge in [0.1, 0.15) is 6.54 Å². The van der Waals surface area contributed by atoms with E-state index < -0.39 is 42.2 Å². The van der Waals surface area contributed by atoms with E-state index in [1.165, 1.54) is 0 Å². The normalized spacial score (nSPS) is 12.3. The zero-order chi connectivity index (χ0) is 15.7. The minimum Gasteiger partial charge on any atom is -0.476 e. The molecule has 0 saturated heterocycles. The summed E-state index contributed by atoms with van der Waals surface area (Å²) in [5.74, 6) is -4.41. The van der Waals surface area contributed by atoms with Crippen molar-refractivity contribution in [1.82, 2.24) is 9.78 Å². The maximum atomic E-state index is 12.1. The molecule has 0 radical (unpaired) electrons. The van der Waals surface area contributed by atoms with Gasteiger partial charge in [-0.3, -0.25) is 9.48 Å². The molecule has 1 rings (SSSR count). The SMILES string of the molecule is O=C(O)c1nn(CC(F)(F)F)cc1NC(=O)C(F)(F)F. The van der Waals surface area contributed by atoms with Crippen molar-refractivity contribution in [1.29, 1.82) is 0 Å². The Kier molecular flexibility index (Phi) is 3.96. The van der Waals surface area contributed by atoms with Gasteiger partial charge in [-0.15, -0.1) is 0 Å². The summed E-state index contributed by atoms with van der Waals surface area (Å²) in [6.45, 7) is -1.71. The van der Waals surface area contributed by atoms with Crippen LogP contribution in [-0.4, -0.2) is 39.1 Å². The molecule has 1 aromatic rings. The van der Waals surface area contributed by atoms with Crippen LogP contribution in [0.5, 0.6) is 0 Å². The standard InChI is InChI=1S/C8H5F6N3O3/c9-7(10,11)2-17-1-3(4(16-17)5(18)19)15-6(20)8(12,13)14/h1H,2H2,(H,15,20)(H,18,19). The van der Waals surface area contributed by atoms with E-state index in [9.17, 15) is 35.9 Å². The van der Waals surface area contributed by atoms with Gasteiger partial charge < -0.3 is 10.4 Å². The van der Waals surface area contributed by atoms with E-state index >= 15 is 0 Å². The summed E-state index contributed by atoms with van der Waals surface area (Å²) < 4.78 is 72.2. The van der Waals surface area contributed by atoms with Gasteiger partial charge in [-0.05, 0) is 0 Å². The third kappa shape index (κ3) is 4.13. The van der Waals surface area contributed by atoms with Crippen molar-refractivity contribution in [3.05, 3.63) is 11.9 Å². The van der Waals surface area contributed by atoms with Crippen LogP contribution in [0.2, 0.25) is 0 Å². The van der Waals surface area contributed by atoms with E-state index in [1.54, 1.807) is 0 Å². The van der Waals surface area contributed by atoms with Gasteiger partial charge in [0.2, 0.25) is 0 Å². The van der Waals surface area contributed by atoms with E-state index in [0.717, 1.165) is 5.32 Å². The minimum atomic E-state index is -5.32. The summed E-state index contributed by atoms with van der Waals surface area (Å²) in [5, 5.41) is 12.7. The number of nitrogens with one attached hydrogen (secondary N) is 1. The minimum absolute atomic E-state index is 0.0649. The van der Waals surface area contributed by atoms with Crippen molar-refractivity contribution >= 4 is 17.6 Å². The molecule has 2 N–H and O–H groups in total. The lowest BCUT2D eigenvalue weighted by atomic mass is 10.3. The first-order chi connectivity index (χ1) is 8.90. The summed E-state index contributed by atoms with van der Waals surface area (Å²) in [6, 6.07) is 0. The number of hydrogen-bond acceptors (Lipinski definition) is 3. The number of alkyl halides is 6. The Labute approximate surface area is 106 Å². The molecule has 0 unspecified atom stereocenters. The van der Waals surface area contributed by atoms with Crippen LogP contribution < -0.4 is 5.32 Å². The van der Waals surface area contributed by atoms with Crippen molar-refractivity contribution in [2.75, 3.05) is 5.32 Å². The summed E-state index contributed by atoms with van der Waals surface area (Å²) in [6.07, 6.45) is -9.73. The third-order valence-electron chi connectivity index (χ3n) is 1.81. The van der Waals surface area contributed by atoms with Crippen molar-refractivity contribution in [3.8, 4) is 0 Å². The van der Waals surface area contributed by atoms with Crippen LogP contribution in [0.1, 0.15) is 10.5 Å². The Balaban J connectivity index is 3.06. The highest BCUT2D eigenvalue weighted by Crippen LogP contribution is 2.23. The lowest BCUT2D eigenvalue weighted by Gasteiger charge is -2.06. The number of carboxylic acid groups (broad SMARTS) is 1. The van der Waals surface area contributed by atoms with E-state index in [1.807, 2.05) is 0 Å². The van der Waals surface area contributed by atoms with Crippen LogP contribution in [0.25, 0.3) is 0 Å². The second kappa shape index (κ2) is 5.02. The highest BCUT2D eigenvalue weighted by atomic mass is 19.4. The Morgan fingerprint density at radius 2 is 1.80 bits per heavy atom. The second-order valence-corrected chi connectivity index (χ2v) is 3.46. The van der Waals surface area contributed by atoms with Gasteiger partial charge in [0.25, 0.3) is 0 Å². The summed E-state index contributed by atoms with van der Waals surface area (Å²) in [4.78, 5) is 21.3. The van der Waals surface area contributed by atoms with Gasteiger partial charge in [-0.1, -0.05) is 0 Å². The molecule has 6 nitrogen and oxygen atoms in total. The molecule has 112 valence electrons. The van der Waals surface area contributed by atoms with Gasteiger partial charge in [0.15, 0.2) is 5.69 Å². The zero-order valence-corrected chi connectivity index (χ0v) is 9.21. The van der Waals surface area contributed by atoms with E-state index in [4.69, 9.17) is 5.11 Å². The van der Waals surface area contributed by atoms with Crippen LogP contribution in [0, 0.1) is 0 Å². The molecule has 1 amide bonds. The van der Waals surface area contributed by atoms with Crippen LogP contribution in [0.3, 0.4) is 0 Å². The fraction of sp³-hybridized carbons (Fsp3) is 0.375. The number of halogens is 6. The molecule has 0 bridgehead atoms. The molecule has 0 aliphatic rings. The largest absolute Gasteiger partial charge is 0.476 e. The fourth-order valence-corrected chi connectivity index (χ4v) is 1.13. The highest BCUT2D eigenvalue weighted by Gasteiger charge is 2.40. The van der Waals surface area contributed by atoms with Crippen LogP contribution in [0.4, 0.5) is 32.0 Å². The molecule has 0 aliphatic heterocycles. The fourth-order valence-electron chi connectivity index (χ4n) is 1.13. The van der Waals surface area contributed by atoms with E-state index in [2.05, 4.69) is 5.10 Å². The second-order valence-electron chi connectivity index (χ2n) is 3.46. The molecular formula is C8H5F6N3O3. The zero-order valence-electron chi connectivity index (χ0n) is 9.21. The Morgan fingerprint density at radius 3 is 2.20 bits per heavy atom. The number of carboxylic acids is 1. The molecule has 0 aromatic carbocycles. The predicted octanol–water partition coefficient (Wildman–Crippen LogP) is 1.64. The first-order valence-corrected chi connectivity index (χ1v) is 4.66. The molecule has 0 saturated carbocycles. The maximum Gasteiger partial charge on any atom is 0.471 e. The molecule has 12 heteroatoms. The number of carbonyl (C=O) groups is 2. The van der Waals surface area contributed by atoms with Crippen LogP contribution in [-0.2, 0) is 11.3 Å². The van der Waals surface area contributed by atoms with Crippen molar-refractivity contribution in [2.45, 2.75) is 18.9 Å². The maximum absolute atomic E-state index is 12.1. The number of amides is 1. The average molecular weight is 305 g/mol. The quantitative estimate of drug-likeness (QED) is 0.832. The molecule has 0 fully saturated rings. The molecule has 0 atom stereocenters. The number of aromatic nitrogens is 2. The molecule has 20 heavy (non-hydrogen) atoms. The lowest BCUT2D eigenvalue weighted by molar-refractivity contribution is -0.167. The summed E-state index contributed by atoms with van der Waals surface area (Å²) >= 11 is 0. The van der Waals surface area contributed by atoms with Crippen molar-refractivity contribution in [3.63, 3.8) is 0 Å². The Hall–Kier alpha value is -2.27. The van der Waals surface area contributed by atoms with E-state index in [0.29, 0.717) is 6.20 Å². The van der Waals surface area contributed by atoms with Crippen LogP contribution >= 0.6 is 0 Å². The number of anilines is 1. The third-order valence-corrected chi connectivity index (χ3v) is 1.81. The van der Waals surface area contributed by atoms with Crippen molar-refractivity contribution in [2.24, 2.45) is 0 Å². The molecule has 1 aromatic heterocycles. The predicted molar refractivity (Wildman–Crippen MR) is 49.9 cm³/mol. The number of nitrogens with zero attached hydrogens (tertiary/aromatic N) is 2. The van der Waals surface area contributed by atoms with E-state index in [-0.39, 0.29) is 4.68 Å². The number of hydrogen-bond donors (Lipinski definition) is 2. The molecule has 1 heterocycles. The highest BCUT2D eigenvalue weighted by molar-refractivity contribution is 6.00. The molecule has 0 aliphatic carbocycles. The number of aromatic carboxylic acids is 1. The first-order valence-electron chi connectivity index (χ1n) is 4.66. The molecular weight excluding hydrogens is 300 g/mol. The topological polar surface area (TPSA) is 84.2 Å². The van der Waals surface area contributed by atoms with Gasteiger partial charge in [-0.2, -0.15) is 31.4 Å². The molecule has 0 spiro atoms. The number of rotatable bonds is 3. The van der Waals surface area contributed by atoms with Gasteiger partial charge in [0, 0.05) is 6.20 Å². The lowest BCUT2D eigenvalue weighted by Crippen LogP contribution is -2.30. The van der Waals surface area contributed by atoms with Gasteiger partial charge in [-0.25, -0.2) is 4.79 Å². The van der Waals surface area contributed by atoms with Crippen LogP contribution in [0.15, 0.2) is 6.20 Å². The average Bonchev–Trinajstić information content (AvgIpc) is 2.56. The monoisotopic (exact) mass is 305 g/mol.